The molecular weight excluding hydrogens is 280 g/mol. The number of aryl methyl sites for hydroxylation is 1. The van der Waals surface area contributed by atoms with Gasteiger partial charge in [-0.2, -0.15) is 0 Å². The van der Waals surface area contributed by atoms with Crippen LogP contribution in [-0.4, -0.2) is 45.2 Å². The largest absolute Gasteiger partial charge is 0.300 e. The molecule has 1 aliphatic carbocycles. The molecular formula is C17H28N2OS. The molecule has 0 unspecified atom stereocenters. The second kappa shape index (κ2) is 7.50. The molecule has 0 N–H and O–H groups in total. The summed E-state index contributed by atoms with van der Waals surface area (Å²) < 4.78 is 11.4. The third kappa shape index (κ3) is 4.36. The maximum absolute atomic E-state index is 11.4. The summed E-state index contributed by atoms with van der Waals surface area (Å²) in [5.41, 5.74) is 2.59. The molecule has 0 aromatic carbocycles. The summed E-state index contributed by atoms with van der Waals surface area (Å²) in [6.45, 7) is 4.36. The van der Waals surface area contributed by atoms with Gasteiger partial charge in [0.2, 0.25) is 0 Å². The number of hydrogen-bond acceptors (Lipinski definition) is 3. The van der Waals surface area contributed by atoms with Gasteiger partial charge in [-0.1, -0.05) is 12.5 Å². The van der Waals surface area contributed by atoms with Gasteiger partial charge in [-0.15, -0.1) is 0 Å². The minimum absolute atomic E-state index is 0.379. The van der Waals surface area contributed by atoms with Gasteiger partial charge in [0, 0.05) is 52.7 Å². The second-order valence-electron chi connectivity index (χ2n) is 6.48. The standard InChI is InChI=1S/C17H28N2OS/c1-13-7-6-10-18-17(13)15-8-5-9-16(11-15)19(3)14(2)12-21(4)20/h6-7,10,14-16H,5,8-9,11-12H2,1-4H3/t14-,15-,16+,21-/m1/s1. The summed E-state index contributed by atoms with van der Waals surface area (Å²) in [6.07, 6.45) is 8.65. The van der Waals surface area contributed by atoms with Crippen LogP contribution < -0.4 is 0 Å². The van der Waals surface area contributed by atoms with Crippen LogP contribution in [0.15, 0.2) is 18.3 Å². The van der Waals surface area contributed by atoms with E-state index in [4.69, 9.17) is 0 Å². The molecule has 0 amide bonds. The van der Waals surface area contributed by atoms with Crippen LogP contribution in [0.2, 0.25) is 0 Å². The Morgan fingerprint density at radius 3 is 2.90 bits per heavy atom. The monoisotopic (exact) mass is 308 g/mol. The van der Waals surface area contributed by atoms with Crippen LogP contribution in [0.1, 0.15) is 49.8 Å². The van der Waals surface area contributed by atoms with Gasteiger partial charge in [-0.3, -0.25) is 14.1 Å². The minimum Gasteiger partial charge on any atom is -0.300 e. The van der Waals surface area contributed by atoms with Gasteiger partial charge in [0.1, 0.15) is 0 Å². The first-order valence-electron chi connectivity index (χ1n) is 7.92. The predicted molar refractivity (Wildman–Crippen MR) is 90.1 cm³/mol. The fraction of sp³-hybridized carbons (Fsp3) is 0.706. The Labute approximate surface area is 131 Å². The average molecular weight is 308 g/mol. The highest BCUT2D eigenvalue weighted by molar-refractivity contribution is 7.84. The lowest BCUT2D eigenvalue weighted by Gasteiger charge is -2.38. The van der Waals surface area contributed by atoms with Gasteiger partial charge in [-0.05, 0) is 51.8 Å². The normalized spacial score (nSPS) is 25.8. The van der Waals surface area contributed by atoms with Crippen molar-refractivity contribution in [1.29, 1.82) is 0 Å². The van der Waals surface area contributed by atoms with Crippen LogP contribution in [0, 0.1) is 6.92 Å². The molecule has 1 aromatic rings. The third-order valence-corrected chi connectivity index (χ3v) is 5.78. The van der Waals surface area contributed by atoms with Crippen LogP contribution >= 0.6 is 0 Å². The van der Waals surface area contributed by atoms with E-state index in [1.807, 2.05) is 12.3 Å². The second-order valence-corrected chi connectivity index (χ2v) is 7.96. The molecule has 1 fully saturated rings. The molecule has 0 aliphatic heterocycles. The predicted octanol–water partition coefficient (Wildman–Crippen LogP) is 3.12. The number of pyridine rings is 1. The van der Waals surface area contributed by atoms with E-state index in [0.717, 1.165) is 5.75 Å². The number of nitrogens with zero attached hydrogens (tertiary/aromatic N) is 2. The first kappa shape index (κ1) is 16.6. The van der Waals surface area contributed by atoms with Crippen LogP contribution in [0.4, 0.5) is 0 Å². The summed E-state index contributed by atoms with van der Waals surface area (Å²) in [7, 11) is 1.47. The van der Waals surface area contributed by atoms with E-state index in [2.05, 4.69) is 36.8 Å². The third-order valence-electron chi connectivity index (χ3n) is 4.83. The highest BCUT2D eigenvalue weighted by Crippen LogP contribution is 2.35. The maximum atomic E-state index is 11.4. The minimum atomic E-state index is -0.723. The molecule has 4 heteroatoms. The van der Waals surface area contributed by atoms with Crippen molar-refractivity contribution in [2.45, 2.75) is 57.5 Å². The molecule has 4 atom stereocenters. The fourth-order valence-corrected chi connectivity index (χ4v) is 4.44. The van der Waals surface area contributed by atoms with Gasteiger partial charge in [0.15, 0.2) is 0 Å². The lowest BCUT2D eigenvalue weighted by Crippen LogP contribution is -2.43. The van der Waals surface area contributed by atoms with E-state index in [1.54, 1.807) is 6.26 Å². The number of rotatable bonds is 5. The lowest BCUT2D eigenvalue weighted by molar-refractivity contribution is 0.146. The maximum Gasteiger partial charge on any atom is 0.0464 e. The van der Waals surface area contributed by atoms with E-state index in [-0.39, 0.29) is 0 Å². The Bertz CT molecular complexity index is 491. The van der Waals surface area contributed by atoms with Crippen LogP contribution in [-0.2, 0) is 10.8 Å². The van der Waals surface area contributed by atoms with E-state index < -0.39 is 10.8 Å². The molecule has 1 aliphatic rings. The molecule has 0 spiro atoms. The average Bonchev–Trinajstić information content (AvgIpc) is 2.46. The van der Waals surface area contributed by atoms with E-state index >= 15 is 0 Å². The topological polar surface area (TPSA) is 33.2 Å². The van der Waals surface area contributed by atoms with Gasteiger partial charge in [0.25, 0.3) is 0 Å². The molecule has 118 valence electrons. The Morgan fingerprint density at radius 1 is 1.48 bits per heavy atom. The molecule has 21 heavy (non-hydrogen) atoms. The van der Waals surface area contributed by atoms with E-state index in [1.165, 1.54) is 36.9 Å². The van der Waals surface area contributed by atoms with E-state index in [9.17, 15) is 4.21 Å². The molecule has 1 aromatic heterocycles. The summed E-state index contributed by atoms with van der Waals surface area (Å²) in [5, 5.41) is 0. The lowest BCUT2D eigenvalue weighted by atomic mass is 9.81. The van der Waals surface area contributed by atoms with Crippen molar-refractivity contribution >= 4 is 10.8 Å². The van der Waals surface area contributed by atoms with Crippen LogP contribution in [0.3, 0.4) is 0 Å². The summed E-state index contributed by atoms with van der Waals surface area (Å²) in [6, 6.07) is 5.15. The highest BCUT2D eigenvalue weighted by Gasteiger charge is 2.29. The molecule has 0 bridgehead atoms. The quantitative estimate of drug-likeness (QED) is 0.838. The first-order valence-corrected chi connectivity index (χ1v) is 9.65. The molecule has 0 radical (unpaired) electrons. The van der Waals surface area contributed by atoms with Crippen LogP contribution in [0.25, 0.3) is 0 Å². The number of aromatic nitrogens is 1. The van der Waals surface area contributed by atoms with Crippen molar-refractivity contribution in [3.05, 3.63) is 29.6 Å². The fourth-order valence-electron chi connectivity index (χ4n) is 3.52. The summed E-state index contributed by atoms with van der Waals surface area (Å²) in [5.74, 6) is 1.34. The molecule has 2 rings (SSSR count). The zero-order chi connectivity index (χ0) is 15.4. The molecule has 1 heterocycles. The summed E-state index contributed by atoms with van der Waals surface area (Å²) >= 11 is 0. The first-order chi connectivity index (χ1) is 9.99. The molecule has 3 nitrogen and oxygen atoms in total. The van der Waals surface area contributed by atoms with Gasteiger partial charge < -0.3 is 0 Å². The van der Waals surface area contributed by atoms with Gasteiger partial charge >= 0.3 is 0 Å². The van der Waals surface area contributed by atoms with Crippen LogP contribution in [0.5, 0.6) is 0 Å². The highest BCUT2D eigenvalue weighted by atomic mass is 32.2. The zero-order valence-electron chi connectivity index (χ0n) is 13.7. The Hall–Kier alpha value is -0.740. The SMILES string of the molecule is Cc1cccnc1[C@@H]1CCC[C@H](N(C)[C@H](C)C[S@@](C)=O)C1. The number of hydrogen-bond donors (Lipinski definition) is 0. The van der Waals surface area contributed by atoms with Crippen molar-refractivity contribution in [3.8, 4) is 0 Å². The smallest absolute Gasteiger partial charge is 0.0464 e. The summed E-state index contributed by atoms with van der Waals surface area (Å²) in [4.78, 5) is 7.06. The van der Waals surface area contributed by atoms with Crippen molar-refractivity contribution in [1.82, 2.24) is 9.88 Å². The Morgan fingerprint density at radius 2 is 2.24 bits per heavy atom. The van der Waals surface area contributed by atoms with Crippen molar-refractivity contribution < 1.29 is 4.21 Å². The van der Waals surface area contributed by atoms with Crippen molar-refractivity contribution in [2.24, 2.45) is 0 Å². The Kier molecular flexibility index (Phi) is 5.94. The van der Waals surface area contributed by atoms with Gasteiger partial charge in [-0.25, -0.2) is 0 Å². The van der Waals surface area contributed by atoms with Crippen molar-refractivity contribution in [3.63, 3.8) is 0 Å². The van der Waals surface area contributed by atoms with Gasteiger partial charge in [0.05, 0.1) is 0 Å². The van der Waals surface area contributed by atoms with Crippen molar-refractivity contribution in [2.75, 3.05) is 19.1 Å². The Balaban J connectivity index is 2.04. The van der Waals surface area contributed by atoms with E-state index in [0.29, 0.717) is 18.0 Å². The molecule has 0 saturated heterocycles. The zero-order valence-corrected chi connectivity index (χ0v) is 14.5. The molecule has 1 saturated carbocycles.